The Morgan fingerprint density at radius 3 is 2.40 bits per heavy atom. The molecule has 2 unspecified atom stereocenters. The molecule has 0 bridgehead atoms. The van der Waals surface area contributed by atoms with Crippen molar-refractivity contribution in [2.24, 2.45) is 5.92 Å². The zero-order valence-electron chi connectivity index (χ0n) is 13.6. The minimum Gasteiger partial charge on any atom is -0.389 e. The highest BCUT2D eigenvalue weighted by Crippen LogP contribution is 2.26. The summed E-state index contributed by atoms with van der Waals surface area (Å²) in [7, 11) is 0. The van der Waals surface area contributed by atoms with Crippen LogP contribution >= 0.6 is 11.8 Å². The van der Waals surface area contributed by atoms with E-state index < -0.39 is 0 Å². The summed E-state index contributed by atoms with van der Waals surface area (Å²) in [5.74, 6) is 0.645. The molecule has 0 aromatic heterocycles. The Morgan fingerprint density at radius 2 is 1.85 bits per heavy atom. The molecule has 0 amide bonds. The largest absolute Gasteiger partial charge is 0.389 e. The Hall–Kier alpha value is 0.230. The van der Waals surface area contributed by atoms with Gasteiger partial charge >= 0.3 is 0 Å². The fourth-order valence-electron chi connectivity index (χ4n) is 2.87. The highest BCUT2D eigenvalue weighted by atomic mass is 32.2. The number of aliphatic hydroxyl groups excluding tert-OH is 1. The van der Waals surface area contributed by atoms with E-state index >= 15 is 0 Å². The van der Waals surface area contributed by atoms with Gasteiger partial charge < -0.3 is 15.2 Å². The predicted molar refractivity (Wildman–Crippen MR) is 88.4 cm³/mol. The van der Waals surface area contributed by atoms with Crippen LogP contribution in [0.3, 0.4) is 0 Å². The Morgan fingerprint density at radius 1 is 1.20 bits per heavy atom. The number of hydrogen-bond donors (Lipinski definition) is 2. The third kappa shape index (κ3) is 7.87. The van der Waals surface area contributed by atoms with Gasteiger partial charge in [-0.15, -0.1) is 0 Å². The average Bonchev–Trinajstić information content (AvgIpc) is 2.42. The summed E-state index contributed by atoms with van der Waals surface area (Å²) in [5, 5.41) is 14.3. The van der Waals surface area contributed by atoms with Crippen molar-refractivity contribution >= 4 is 11.8 Å². The van der Waals surface area contributed by atoms with Crippen molar-refractivity contribution in [3.05, 3.63) is 0 Å². The lowest BCUT2D eigenvalue weighted by Gasteiger charge is -2.29. The smallest absolute Gasteiger partial charge is 0.0897 e. The normalized spacial score (nSPS) is 26.7. The quantitative estimate of drug-likeness (QED) is 0.687. The predicted octanol–water partition coefficient (Wildman–Crippen LogP) is 3.06. The summed E-state index contributed by atoms with van der Waals surface area (Å²) >= 11 is 1.99. The number of hydrogen-bond acceptors (Lipinski definition) is 4. The van der Waals surface area contributed by atoms with Crippen molar-refractivity contribution in [3.63, 3.8) is 0 Å². The third-order valence-corrected chi connectivity index (χ3v) is 5.16. The number of aliphatic hydroxyl groups is 1. The first-order valence-corrected chi connectivity index (χ1v) is 9.35. The van der Waals surface area contributed by atoms with Crippen LogP contribution in [0.15, 0.2) is 0 Å². The van der Waals surface area contributed by atoms with Gasteiger partial charge in [0.1, 0.15) is 0 Å². The summed E-state index contributed by atoms with van der Waals surface area (Å²) in [6.45, 7) is 7.58. The molecule has 3 nitrogen and oxygen atoms in total. The summed E-state index contributed by atoms with van der Waals surface area (Å²) in [4.78, 5) is 0. The van der Waals surface area contributed by atoms with E-state index in [1.807, 2.05) is 11.8 Å². The van der Waals surface area contributed by atoms with Crippen molar-refractivity contribution in [3.8, 4) is 0 Å². The van der Waals surface area contributed by atoms with E-state index in [0.717, 1.165) is 11.7 Å². The van der Waals surface area contributed by atoms with Crippen LogP contribution in [-0.2, 0) is 4.74 Å². The number of ether oxygens (including phenoxy) is 1. The molecule has 0 radical (unpaired) electrons. The molecule has 0 heterocycles. The lowest BCUT2D eigenvalue weighted by molar-refractivity contribution is -0.00956. The maximum absolute atomic E-state index is 9.97. The Kier molecular flexibility index (Phi) is 9.18. The van der Waals surface area contributed by atoms with Crippen LogP contribution in [0.25, 0.3) is 0 Å². The molecule has 1 saturated carbocycles. The van der Waals surface area contributed by atoms with Gasteiger partial charge in [0.2, 0.25) is 0 Å². The van der Waals surface area contributed by atoms with Crippen molar-refractivity contribution in [1.82, 2.24) is 5.32 Å². The molecule has 1 fully saturated rings. The molecule has 120 valence electrons. The number of thioether (sulfide) groups is 1. The Balaban J connectivity index is 2.06. The molecule has 2 N–H and O–H groups in total. The van der Waals surface area contributed by atoms with Crippen molar-refractivity contribution in [1.29, 1.82) is 0 Å². The van der Waals surface area contributed by atoms with Crippen LogP contribution in [0, 0.1) is 5.92 Å². The fraction of sp³-hybridized carbons (Fsp3) is 1.00. The molecule has 0 spiro atoms. The lowest BCUT2D eigenvalue weighted by atomic mass is 9.95. The second-order valence-electron chi connectivity index (χ2n) is 6.54. The van der Waals surface area contributed by atoms with Gasteiger partial charge in [0, 0.05) is 17.8 Å². The minimum atomic E-state index is -0.386. The molecule has 2 atom stereocenters. The van der Waals surface area contributed by atoms with Gasteiger partial charge in [-0.1, -0.05) is 13.8 Å². The Bertz CT molecular complexity index is 243. The second kappa shape index (κ2) is 10.0. The molecule has 0 aromatic rings. The molecule has 0 aliphatic heterocycles. The van der Waals surface area contributed by atoms with Crippen LogP contribution in [0.4, 0.5) is 0 Å². The van der Waals surface area contributed by atoms with Gasteiger partial charge in [0.05, 0.1) is 18.8 Å². The first-order chi connectivity index (χ1) is 9.51. The van der Waals surface area contributed by atoms with Gasteiger partial charge in [0.25, 0.3) is 0 Å². The van der Waals surface area contributed by atoms with Crippen molar-refractivity contribution < 1.29 is 9.84 Å². The first kappa shape index (κ1) is 18.3. The second-order valence-corrected chi connectivity index (χ2v) is 7.68. The average molecular weight is 304 g/mol. The monoisotopic (exact) mass is 303 g/mol. The molecular weight excluding hydrogens is 270 g/mol. The first-order valence-electron chi connectivity index (χ1n) is 8.07. The molecular formula is C16H33NO2S. The van der Waals surface area contributed by atoms with E-state index in [4.69, 9.17) is 4.74 Å². The van der Waals surface area contributed by atoms with Gasteiger partial charge in [0.15, 0.2) is 0 Å². The summed E-state index contributed by atoms with van der Waals surface area (Å²) in [6.07, 6.45) is 8.19. The van der Waals surface area contributed by atoms with Crippen LogP contribution in [0.1, 0.15) is 52.9 Å². The maximum Gasteiger partial charge on any atom is 0.0897 e. The lowest BCUT2D eigenvalue weighted by Crippen LogP contribution is -2.40. The molecule has 1 aliphatic carbocycles. The van der Waals surface area contributed by atoms with Crippen LogP contribution < -0.4 is 5.32 Å². The van der Waals surface area contributed by atoms with E-state index in [-0.39, 0.29) is 12.2 Å². The molecule has 0 aromatic carbocycles. The number of rotatable bonds is 9. The SMILES string of the molecule is CSC1CCC(NCC(O)COC(C)CC(C)C)CC1. The van der Waals surface area contributed by atoms with Gasteiger partial charge in [-0.05, 0) is 51.2 Å². The van der Waals surface area contributed by atoms with Crippen LogP contribution in [0.2, 0.25) is 0 Å². The third-order valence-electron chi connectivity index (χ3n) is 4.03. The highest BCUT2D eigenvalue weighted by molar-refractivity contribution is 7.99. The maximum atomic E-state index is 9.97. The number of nitrogens with one attached hydrogen (secondary N) is 1. The van der Waals surface area contributed by atoms with E-state index in [9.17, 15) is 5.11 Å². The van der Waals surface area contributed by atoms with Crippen LogP contribution in [-0.4, -0.2) is 48.0 Å². The topological polar surface area (TPSA) is 41.5 Å². The van der Waals surface area contributed by atoms with Gasteiger partial charge in [-0.2, -0.15) is 11.8 Å². The molecule has 1 rings (SSSR count). The van der Waals surface area contributed by atoms with E-state index in [2.05, 4.69) is 32.3 Å². The summed E-state index contributed by atoms with van der Waals surface area (Å²) in [5.41, 5.74) is 0. The summed E-state index contributed by atoms with van der Waals surface area (Å²) < 4.78 is 5.70. The highest BCUT2D eigenvalue weighted by Gasteiger charge is 2.20. The van der Waals surface area contributed by atoms with Crippen molar-refractivity contribution in [2.45, 2.75) is 76.4 Å². The van der Waals surface area contributed by atoms with Crippen molar-refractivity contribution in [2.75, 3.05) is 19.4 Å². The minimum absolute atomic E-state index is 0.238. The van der Waals surface area contributed by atoms with E-state index in [1.165, 1.54) is 25.7 Å². The zero-order valence-corrected chi connectivity index (χ0v) is 14.4. The molecule has 4 heteroatoms. The summed E-state index contributed by atoms with van der Waals surface area (Å²) in [6, 6.07) is 0.584. The molecule has 20 heavy (non-hydrogen) atoms. The zero-order chi connectivity index (χ0) is 15.0. The van der Waals surface area contributed by atoms with Gasteiger partial charge in [-0.25, -0.2) is 0 Å². The van der Waals surface area contributed by atoms with Crippen LogP contribution in [0.5, 0.6) is 0 Å². The fourth-order valence-corrected chi connectivity index (χ4v) is 3.62. The van der Waals surface area contributed by atoms with Gasteiger partial charge in [-0.3, -0.25) is 0 Å². The Labute approximate surface area is 129 Å². The standard InChI is InChI=1S/C16H33NO2S/c1-12(2)9-13(3)19-11-15(18)10-17-14-5-7-16(20-4)8-6-14/h12-18H,5-11H2,1-4H3. The van der Waals surface area contributed by atoms with E-state index in [0.29, 0.717) is 25.1 Å². The van der Waals surface area contributed by atoms with E-state index in [1.54, 1.807) is 0 Å². The molecule has 0 saturated heterocycles. The molecule has 1 aliphatic rings.